The Morgan fingerprint density at radius 1 is 1.15 bits per heavy atom. The number of phenolic OH excluding ortho intramolecular Hbond substituents is 1. The fourth-order valence-corrected chi connectivity index (χ4v) is 4.94. The van der Waals surface area contributed by atoms with Gasteiger partial charge in [-0.3, -0.25) is 0 Å². The van der Waals surface area contributed by atoms with Crippen LogP contribution in [0.3, 0.4) is 0 Å². The van der Waals surface area contributed by atoms with Gasteiger partial charge in [0.05, 0.1) is 18.9 Å². The summed E-state index contributed by atoms with van der Waals surface area (Å²) < 4.78 is 5.71. The lowest BCUT2D eigenvalue weighted by atomic mass is 9.71. The number of hydrogen-bond acceptors (Lipinski definition) is 5. The number of ether oxygens (including phenoxy) is 1. The molecular weight excluding hydrogens is 340 g/mol. The van der Waals surface area contributed by atoms with Gasteiger partial charge in [-0.2, -0.15) is 0 Å². The summed E-state index contributed by atoms with van der Waals surface area (Å²) in [7, 11) is 0. The molecule has 3 N–H and O–H groups in total. The van der Waals surface area contributed by atoms with Crippen molar-refractivity contribution >= 4 is 11.0 Å². The second kappa shape index (κ2) is 6.04. The molecule has 0 spiro atoms. The van der Waals surface area contributed by atoms with Gasteiger partial charge in [-0.1, -0.05) is 19.1 Å². The number of piperidine rings is 1. The van der Waals surface area contributed by atoms with E-state index in [1.54, 1.807) is 6.07 Å². The summed E-state index contributed by atoms with van der Waals surface area (Å²) >= 11 is 0. The summed E-state index contributed by atoms with van der Waals surface area (Å²) in [5, 5.41) is 23.7. The van der Waals surface area contributed by atoms with E-state index in [1.807, 2.05) is 24.3 Å². The molecule has 2 aliphatic rings. The number of morpholine rings is 1. The maximum Gasteiger partial charge on any atom is 0.160 e. The number of H-pyrrole nitrogens is 1. The average molecular weight is 364 g/mol. The summed E-state index contributed by atoms with van der Waals surface area (Å²) in [6, 6.07) is 10.1. The van der Waals surface area contributed by atoms with Crippen LogP contribution < -0.4 is 5.32 Å². The van der Waals surface area contributed by atoms with Gasteiger partial charge in [-0.05, 0) is 43.5 Å². The Bertz CT molecular complexity index is 1000. The van der Waals surface area contributed by atoms with Crippen LogP contribution in [0.5, 0.6) is 5.75 Å². The lowest BCUT2D eigenvalue weighted by molar-refractivity contribution is 0.00192. The highest BCUT2D eigenvalue weighted by Crippen LogP contribution is 2.41. The fraction of sp³-hybridized carbons (Fsp3) is 0.429. The van der Waals surface area contributed by atoms with Gasteiger partial charge < -0.3 is 20.1 Å². The van der Waals surface area contributed by atoms with E-state index in [4.69, 9.17) is 4.74 Å². The molecule has 1 aromatic carbocycles. The Kier molecular flexibility index (Phi) is 3.74. The van der Waals surface area contributed by atoms with E-state index in [1.165, 1.54) is 11.3 Å². The molecule has 5 rings (SSSR count). The molecule has 2 saturated heterocycles. The van der Waals surface area contributed by atoms with E-state index in [-0.39, 0.29) is 11.2 Å². The number of aromatic nitrogens is 3. The molecule has 2 aromatic heterocycles. The van der Waals surface area contributed by atoms with Gasteiger partial charge in [0.1, 0.15) is 5.75 Å². The highest BCUT2D eigenvalue weighted by atomic mass is 16.5. The third kappa shape index (κ3) is 2.71. The molecule has 140 valence electrons. The van der Waals surface area contributed by atoms with Crippen LogP contribution in [-0.2, 0) is 10.2 Å². The zero-order valence-corrected chi connectivity index (χ0v) is 15.6. The van der Waals surface area contributed by atoms with Crippen molar-refractivity contribution in [3.8, 4) is 17.0 Å². The molecule has 4 heterocycles. The minimum atomic E-state index is 0.0597. The van der Waals surface area contributed by atoms with Gasteiger partial charge in [0.2, 0.25) is 0 Å². The van der Waals surface area contributed by atoms with Crippen LogP contribution in [0.1, 0.15) is 31.0 Å². The van der Waals surface area contributed by atoms with E-state index in [9.17, 15) is 5.11 Å². The van der Waals surface area contributed by atoms with E-state index in [0.29, 0.717) is 23.3 Å². The molecule has 0 saturated carbocycles. The molecule has 1 unspecified atom stereocenters. The van der Waals surface area contributed by atoms with E-state index < -0.39 is 0 Å². The van der Waals surface area contributed by atoms with Crippen LogP contribution in [0.15, 0.2) is 30.3 Å². The largest absolute Gasteiger partial charge is 0.507 e. The minimum absolute atomic E-state index is 0.0597. The van der Waals surface area contributed by atoms with Crippen LogP contribution >= 0.6 is 0 Å². The summed E-state index contributed by atoms with van der Waals surface area (Å²) in [6.07, 6.45) is 2.08. The maximum atomic E-state index is 10.2. The lowest BCUT2D eigenvalue weighted by Crippen LogP contribution is -2.58. The highest BCUT2D eigenvalue weighted by molar-refractivity contribution is 5.85. The van der Waals surface area contributed by atoms with Crippen LogP contribution in [0, 0.1) is 6.92 Å². The van der Waals surface area contributed by atoms with Gasteiger partial charge in [-0.25, -0.2) is 0 Å². The van der Waals surface area contributed by atoms with Crippen LogP contribution in [0.25, 0.3) is 22.3 Å². The molecule has 0 radical (unpaired) electrons. The Balaban J connectivity index is 1.59. The SMILES string of the molecule is Cc1c(C2(C)C[C@H]3COC[C@@H](C2)N3)[nH]c2nnc(-c3ccccc3O)cc12. The molecule has 2 bridgehead atoms. The lowest BCUT2D eigenvalue weighted by Gasteiger charge is -2.46. The van der Waals surface area contributed by atoms with Crippen molar-refractivity contribution in [2.75, 3.05) is 13.2 Å². The molecule has 3 atom stereocenters. The van der Waals surface area contributed by atoms with Crippen molar-refractivity contribution in [3.05, 3.63) is 41.6 Å². The number of hydrogen-bond donors (Lipinski definition) is 3. The summed E-state index contributed by atoms with van der Waals surface area (Å²) in [4.78, 5) is 3.55. The molecule has 6 heteroatoms. The predicted octanol–water partition coefficient (Wildman–Crippen LogP) is 3.05. The van der Waals surface area contributed by atoms with Gasteiger partial charge >= 0.3 is 0 Å². The zero-order chi connectivity index (χ0) is 18.6. The van der Waals surface area contributed by atoms with Crippen molar-refractivity contribution in [1.29, 1.82) is 0 Å². The molecule has 0 aliphatic carbocycles. The van der Waals surface area contributed by atoms with Gasteiger partial charge in [0.15, 0.2) is 5.65 Å². The first-order valence-electron chi connectivity index (χ1n) is 9.52. The van der Waals surface area contributed by atoms with Gasteiger partial charge in [0.25, 0.3) is 0 Å². The topological polar surface area (TPSA) is 83.1 Å². The van der Waals surface area contributed by atoms with Crippen LogP contribution in [0.2, 0.25) is 0 Å². The van der Waals surface area contributed by atoms with Crippen LogP contribution in [-0.4, -0.2) is 45.6 Å². The fourth-order valence-electron chi connectivity index (χ4n) is 4.94. The molecule has 2 fully saturated rings. The van der Waals surface area contributed by atoms with Crippen molar-refractivity contribution in [1.82, 2.24) is 20.5 Å². The highest BCUT2D eigenvalue weighted by Gasteiger charge is 2.42. The number of aryl methyl sites for hydroxylation is 1. The first-order chi connectivity index (χ1) is 13.0. The smallest absolute Gasteiger partial charge is 0.160 e. The van der Waals surface area contributed by atoms with E-state index >= 15 is 0 Å². The quantitative estimate of drug-likeness (QED) is 0.651. The molecule has 0 amide bonds. The molecular formula is C21H24N4O2. The van der Waals surface area contributed by atoms with Crippen molar-refractivity contribution in [3.63, 3.8) is 0 Å². The summed E-state index contributed by atoms with van der Waals surface area (Å²) in [5.74, 6) is 0.220. The Hall–Kier alpha value is -2.44. The molecule has 6 nitrogen and oxygen atoms in total. The predicted molar refractivity (Wildman–Crippen MR) is 104 cm³/mol. The number of nitrogens with zero attached hydrogens (tertiary/aromatic N) is 2. The molecule has 2 aliphatic heterocycles. The first kappa shape index (κ1) is 16.7. The number of aromatic amines is 1. The standard InChI is InChI=1S/C21H24N4O2/c1-12-16-7-17(15-5-3-4-6-18(15)26)24-25-20(16)23-19(12)21(2)8-13-10-27-11-14(9-21)22-13/h3-7,13-14,22,26H,8-11H2,1-2H3,(H,23,25)/t13-,14+,21?. The normalized spacial score (nSPS) is 27.8. The third-order valence-electron chi connectivity index (χ3n) is 6.10. The van der Waals surface area contributed by atoms with Gasteiger partial charge in [0, 0.05) is 34.1 Å². The number of benzene rings is 1. The monoisotopic (exact) mass is 364 g/mol. The maximum absolute atomic E-state index is 10.2. The minimum Gasteiger partial charge on any atom is -0.507 e. The number of nitrogens with one attached hydrogen (secondary N) is 2. The summed E-state index contributed by atoms with van der Waals surface area (Å²) in [5.41, 5.74) is 4.73. The number of aromatic hydroxyl groups is 1. The Morgan fingerprint density at radius 2 is 1.89 bits per heavy atom. The number of phenols is 1. The molecule has 3 aromatic rings. The first-order valence-corrected chi connectivity index (χ1v) is 9.52. The Morgan fingerprint density at radius 3 is 2.63 bits per heavy atom. The average Bonchev–Trinajstić information content (AvgIpc) is 2.99. The second-order valence-corrected chi connectivity index (χ2v) is 8.20. The van der Waals surface area contributed by atoms with Crippen molar-refractivity contribution in [2.24, 2.45) is 0 Å². The van der Waals surface area contributed by atoms with Crippen LogP contribution in [0.4, 0.5) is 0 Å². The van der Waals surface area contributed by atoms with Gasteiger partial charge in [-0.15, -0.1) is 10.2 Å². The van der Waals surface area contributed by atoms with Crippen molar-refractivity contribution in [2.45, 2.75) is 44.2 Å². The van der Waals surface area contributed by atoms with E-state index in [0.717, 1.165) is 37.1 Å². The second-order valence-electron chi connectivity index (χ2n) is 8.20. The summed E-state index contributed by atoms with van der Waals surface area (Å²) in [6.45, 7) is 6.06. The third-order valence-corrected chi connectivity index (χ3v) is 6.10. The number of para-hydroxylation sites is 1. The van der Waals surface area contributed by atoms with Crippen molar-refractivity contribution < 1.29 is 9.84 Å². The number of fused-ring (bicyclic) bond motifs is 3. The van der Waals surface area contributed by atoms with E-state index in [2.05, 4.69) is 34.3 Å². The zero-order valence-electron chi connectivity index (χ0n) is 15.6. The number of rotatable bonds is 2. The Labute approximate surface area is 158 Å². The molecule has 27 heavy (non-hydrogen) atoms.